The van der Waals surface area contributed by atoms with Gasteiger partial charge < -0.3 is 20.1 Å². The second-order valence-electron chi connectivity index (χ2n) is 13.3. The van der Waals surface area contributed by atoms with E-state index in [1.165, 1.54) is 127 Å². The number of benzene rings is 2. The minimum atomic E-state index is -1.50. The maximum atomic E-state index is 10.1. The van der Waals surface area contributed by atoms with E-state index in [4.69, 9.17) is 0 Å². The predicted octanol–water partition coefficient (Wildman–Crippen LogP) is 7.93. The smallest absolute Gasteiger partial charge is 0.423 e. The summed E-state index contributed by atoms with van der Waals surface area (Å²) in [6, 6.07) is 11.7. The molecule has 0 heterocycles. The molecular weight excluding hydrogens is 530 g/mol. The molecule has 2 aromatic carbocycles. The third-order valence-corrected chi connectivity index (χ3v) is 9.92. The standard InChI is InChI=1S/C37H60B2O4/c1-3-5-7-9-11-13-15-17-19-21-27-37(28-22-20-18-16-14-12-10-8-6-4-2)35-29-31(38(40)41)23-25-33(35)34-26-24-32(39(42)43)30-36(34)37/h23-26,29-30,40-43H,3-22,27-28H2,1-2H3. The SMILES string of the molecule is CCCCCCCCCCCCC1(CCCCCCCCCCCC)c2cc(B(O)O)ccc2-c2ccc(B(O)O)cc21. The first-order valence-corrected chi connectivity index (χ1v) is 18.0. The fourth-order valence-electron chi connectivity index (χ4n) is 7.34. The van der Waals surface area contributed by atoms with E-state index in [0.29, 0.717) is 10.9 Å². The molecule has 0 radical (unpaired) electrons. The van der Waals surface area contributed by atoms with Crippen molar-refractivity contribution >= 4 is 25.2 Å². The molecule has 0 unspecified atom stereocenters. The summed E-state index contributed by atoms with van der Waals surface area (Å²) in [5.41, 5.74) is 5.49. The number of rotatable bonds is 24. The Morgan fingerprint density at radius 3 is 1.05 bits per heavy atom. The summed E-state index contributed by atoms with van der Waals surface area (Å²) in [6.07, 6.45) is 27.8. The molecule has 0 aliphatic heterocycles. The third kappa shape index (κ3) is 10.8. The second kappa shape index (κ2) is 19.7. The van der Waals surface area contributed by atoms with Gasteiger partial charge >= 0.3 is 14.2 Å². The second-order valence-corrected chi connectivity index (χ2v) is 13.3. The lowest BCUT2D eigenvalue weighted by Gasteiger charge is -2.33. The average molecular weight is 591 g/mol. The zero-order valence-electron chi connectivity index (χ0n) is 27.5. The van der Waals surface area contributed by atoms with Crippen LogP contribution in [0.3, 0.4) is 0 Å². The lowest BCUT2D eigenvalue weighted by atomic mass is 9.67. The third-order valence-electron chi connectivity index (χ3n) is 9.92. The van der Waals surface area contributed by atoms with Crippen molar-refractivity contribution in [1.82, 2.24) is 0 Å². The van der Waals surface area contributed by atoms with Crippen LogP contribution in [0.4, 0.5) is 0 Å². The Labute approximate surface area is 264 Å². The molecule has 43 heavy (non-hydrogen) atoms. The fraction of sp³-hybridized carbons (Fsp3) is 0.676. The van der Waals surface area contributed by atoms with E-state index < -0.39 is 14.2 Å². The highest BCUT2D eigenvalue weighted by atomic mass is 16.4. The highest BCUT2D eigenvalue weighted by molar-refractivity contribution is 6.59. The molecule has 4 nitrogen and oxygen atoms in total. The van der Waals surface area contributed by atoms with Crippen LogP contribution in [0.25, 0.3) is 11.1 Å². The summed E-state index contributed by atoms with van der Waals surface area (Å²) >= 11 is 0. The molecule has 0 bridgehead atoms. The van der Waals surface area contributed by atoms with Crippen molar-refractivity contribution in [2.24, 2.45) is 0 Å². The van der Waals surface area contributed by atoms with Gasteiger partial charge in [-0.1, -0.05) is 179 Å². The first kappa shape index (κ1) is 35.9. The monoisotopic (exact) mass is 590 g/mol. The van der Waals surface area contributed by atoms with Crippen LogP contribution in [0.5, 0.6) is 0 Å². The van der Waals surface area contributed by atoms with Crippen LogP contribution >= 0.6 is 0 Å². The minimum Gasteiger partial charge on any atom is -0.423 e. The molecule has 2 aromatic rings. The number of hydrogen-bond donors (Lipinski definition) is 4. The topological polar surface area (TPSA) is 80.9 Å². The molecular formula is C37H60B2O4. The Morgan fingerprint density at radius 1 is 0.442 bits per heavy atom. The number of unbranched alkanes of at least 4 members (excludes halogenated alkanes) is 18. The van der Waals surface area contributed by atoms with E-state index >= 15 is 0 Å². The molecule has 3 rings (SSSR count). The lowest BCUT2D eigenvalue weighted by molar-refractivity contribution is 0.396. The first-order valence-electron chi connectivity index (χ1n) is 18.0. The Morgan fingerprint density at radius 2 is 0.744 bits per heavy atom. The Hall–Kier alpha value is -1.59. The maximum Gasteiger partial charge on any atom is 0.488 e. The predicted molar refractivity (Wildman–Crippen MR) is 185 cm³/mol. The van der Waals surface area contributed by atoms with Crippen LogP contribution in [0.15, 0.2) is 36.4 Å². The molecule has 0 saturated heterocycles. The van der Waals surface area contributed by atoms with Crippen molar-refractivity contribution in [3.63, 3.8) is 0 Å². The molecule has 1 aliphatic rings. The van der Waals surface area contributed by atoms with Gasteiger partial charge in [-0.25, -0.2) is 0 Å². The van der Waals surface area contributed by atoms with Crippen LogP contribution < -0.4 is 10.9 Å². The van der Waals surface area contributed by atoms with Crippen molar-refractivity contribution < 1.29 is 20.1 Å². The molecule has 0 aromatic heterocycles. The van der Waals surface area contributed by atoms with Crippen molar-refractivity contribution in [2.75, 3.05) is 0 Å². The molecule has 6 heteroatoms. The van der Waals surface area contributed by atoms with Gasteiger partial charge in [0.15, 0.2) is 0 Å². The molecule has 238 valence electrons. The van der Waals surface area contributed by atoms with E-state index in [2.05, 4.69) is 13.8 Å². The van der Waals surface area contributed by atoms with Gasteiger partial charge in [0.2, 0.25) is 0 Å². The molecule has 0 atom stereocenters. The van der Waals surface area contributed by atoms with Crippen LogP contribution in [0, 0.1) is 0 Å². The van der Waals surface area contributed by atoms with E-state index in [-0.39, 0.29) is 5.41 Å². The molecule has 0 amide bonds. The minimum absolute atomic E-state index is 0.249. The average Bonchev–Trinajstić information content (AvgIpc) is 3.27. The van der Waals surface area contributed by atoms with E-state index in [1.807, 2.05) is 36.4 Å². The normalized spacial score (nSPS) is 13.3. The largest absolute Gasteiger partial charge is 0.488 e. The lowest BCUT2D eigenvalue weighted by Crippen LogP contribution is -2.34. The quantitative estimate of drug-likeness (QED) is 0.0740. The zero-order valence-corrected chi connectivity index (χ0v) is 27.5. The van der Waals surface area contributed by atoms with Gasteiger partial charge in [-0.3, -0.25) is 0 Å². The summed E-state index contributed by atoms with van der Waals surface area (Å²) in [5, 5.41) is 40.3. The highest BCUT2D eigenvalue weighted by Crippen LogP contribution is 2.53. The van der Waals surface area contributed by atoms with E-state index in [1.54, 1.807) is 0 Å². The van der Waals surface area contributed by atoms with Crippen LogP contribution in [0.2, 0.25) is 0 Å². The molecule has 1 aliphatic carbocycles. The summed E-state index contributed by atoms with van der Waals surface area (Å²) in [5.74, 6) is 0. The zero-order chi connectivity index (χ0) is 30.9. The maximum absolute atomic E-state index is 10.1. The summed E-state index contributed by atoms with van der Waals surface area (Å²) < 4.78 is 0. The summed E-state index contributed by atoms with van der Waals surface area (Å²) in [4.78, 5) is 0. The van der Waals surface area contributed by atoms with Crippen molar-refractivity contribution in [3.05, 3.63) is 47.5 Å². The van der Waals surface area contributed by atoms with Crippen LogP contribution in [-0.2, 0) is 5.41 Å². The Kier molecular flexibility index (Phi) is 16.5. The molecule has 4 N–H and O–H groups in total. The highest BCUT2D eigenvalue weighted by Gasteiger charge is 2.43. The van der Waals surface area contributed by atoms with Crippen molar-refractivity contribution in [1.29, 1.82) is 0 Å². The van der Waals surface area contributed by atoms with Crippen LogP contribution in [0.1, 0.15) is 166 Å². The van der Waals surface area contributed by atoms with Crippen LogP contribution in [-0.4, -0.2) is 34.3 Å². The van der Waals surface area contributed by atoms with Gasteiger partial charge in [0.25, 0.3) is 0 Å². The molecule has 0 spiro atoms. The number of fused-ring (bicyclic) bond motifs is 3. The van der Waals surface area contributed by atoms with Gasteiger partial charge in [0.1, 0.15) is 0 Å². The van der Waals surface area contributed by atoms with Gasteiger partial charge in [0.05, 0.1) is 0 Å². The van der Waals surface area contributed by atoms with Gasteiger partial charge in [0, 0.05) is 5.41 Å². The summed E-state index contributed by atoms with van der Waals surface area (Å²) in [6.45, 7) is 4.54. The Bertz CT molecular complexity index is 971. The van der Waals surface area contributed by atoms with Gasteiger partial charge in [-0.2, -0.15) is 0 Å². The van der Waals surface area contributed by atoms with Crippen molar-refractivity contribution in [3.8, 4) is 11.1 Å². The summed E-state index contributed by atoms with van der Waals surface area (Å²) in [7, 11) is -3.01. The number of hydrogen-bond acceptors (Lipinski definition) is 4. The molecule has 0 saturated carbocycles. The fourth-order valence-corrected chi connectivity index (χ4v) is 7.34. The van der Waals surface area contributed by atoms with Gasteiger partial charge in [-0.15, -0.1) is 0 Å². The Balaban J connectivity index is 1.72. The van der Waals surface area contributed by atoms with E-state index in [9.17, 15) is 20.1 Å². The molecule has 0 fully saturated rings. The van der Waals surface area contributed by atoms with E-state index in [0.717, 1.165) is 36.8 Å². The van der Waals surface area contributed by atoms with Crippen molar-refractivity contribution in [2.45, 2.75) is 161 Å². The first-order chi connectivity index (χ1) is 20.9. The van der Waals surface area contributed by atoms with Gasteiger partial charge in [-0.05, 0) is 46.0 Å².